The Morgan fingerprint density at radius 3 is 2.67 bits per heavy atom. The van der Waals surface area contributed by atoms with E-state index in [-0.39, 0.29) is 11.6 Å². The zero-order valence-corrected chi connectivity index (χ0v) is 12.6. The SMILES string of the molecule is Cc1cnc(C(=O)Nc2cc(Br)ccc2Br)cn1. The van der Waals surface area contributed by atoms with Crippen LogP contribution in [-0.4, -0.2) is 15.9 Å². The molecule has 6 heteroatoms. The quantitative estimate of drug-likeness (QED) is 0.879. The van der Waals surface area contributed by atoms with Crippen LogP contribution in [0.1, 0.15) is 16.2 Å². The van der Waals surface area contributed by atoms with E-state index in [1.807, 2.05) is 25.1 Å². The summed E-state index contributed by atoms with van der Waals surface area (Å²) in [5, 5.41) is 2.77. The third-order valence-electron chi connectivity index (χ3n) is 2.19. The van der Waals surface area contributed by atoms with Gasteiger partial charge in [-0.25, -0.2) is 4.98 Å². The fraction of sp³-hybridized carbons (Fsp3) is 0.0833. The van der Waals surface area contributed by atoms with Gasteiger partial charge in [0.1, 0.15) is 5.69 Å². The van der Waals surface area contributed by atoms with E-state index in [4.69, 9.17) is 0 Å². The van der Waals surface area contributed by atoms with Crippen molar-refractivity contribution in [1.82, 2.24) is 9.97 Å². The largest absolute Gasteiger partial charge is 0.320 e. The number of carbonyl (C=O) groups is 1. The van der Waals surface area contributed by atoms with Gasteiger partial charge < -0.3 is 5.32 Å². The van der Waals surface area contributed by atoms with Crippen molar-refractivity contribution in [3.8, 4) is 0 Å². The number of rotatable bonds is 2. The first-order valence-electron chi connectivity index (χ1n) is 5.11. The molecule has 0 unspecified atom stereocenters. The summed E-state index contributed by atoms with van der Waals surface area (Å²) >= 11 is 6.72. The number of nitrogens with one attached hydrogen (secondary N) is 1. The number of hydrogen-bond acceptors (Lipinski definition) is 3. The maximum absolute atomic E-state index is 11.9. The summed E-state index contributed by atoms with van der Waals surface area (Å²) in [4.78, 5) is 20.0. The molecule has 18 heavy (non-hydrogen) atoms. The number of hydrogen-bond donors (Lipinski definition) is 1. The zero-order valence-electron chi connectivity index (χ0n) is 9.45. The molecule has 0 radical (unpaired) electrons. The minimum atomic E-state index is -0.290. The highest BCUT2D eigenvalue weighted by atomic mass is 79.9. The number of halogens is 2. The molecule has 2 aromatic rings. The Hall–Kier alpha value is -1.27. The average molecular weight is 371 g/mol. The molecular weight excluding hydrogens is 362 g/mol. The number of aromatic nitrogens is 2. The minimum absolute atomic E-state index is 0.285. The zero-order chi connectivity index (χ0) is 13.1. The van der Waals surface area contributed by atoms with E-state index < -0.39 is 0 Å². The maximum atomic E-state index is 11.9. The second kappa shape index (κ2) is 5.58. The molecule has 1 N–H and O–H groups in total. The lowest BCUT2D eigenvalue weighted by Gasteiger charge is -2.07. The van der Waals surface area contributed by atoms with E-state index in [9.17, 15) is 4.79 Å². The Bertz CT molecular complexity index is 584. The Labute approximate surface area is 121 Å². The van der Waals surface area contributed by atoms with Gasteiger partial charge in [-0.3, -0.25) is 9.78 Å². The van der Waals surface area contributed by atoms with Gasteiger partial charge in [-0.2, -0.15) is 0 Å². The van der Waals surface area contributed by atoms with Gasteiger partial charge in [0.2, 0.25) is 0 Å². The molecule has 0 aliphatic rings. The van der Waals surface area contributed by atoms with Crippen LogP contribution in [0.2, 0.25) is 0 Å². The standard InChI is InChI=1S/C12H9Br2N3O/c1-7-5-16-11(6-15-7)12(18)17-10-4-8(13)2-3-9(10)14/h2-6H,1H3,(H,17,18). The van der Waals surface area contributed by atoms with Gasteiger partial charge in [0, 0.05) is 15.1 Å². The van der Waals surface area contributed by atoms with E-state index >= 15 is 0 Å². The number of aryl methyl sites for hydroxylation is 1. The van der Waals surface area contributed by atoms with Crippen molar-refractivity contribution < 1.29 is 4.79 Å². The van der Waals surface area contributed by atoms with Crippen molar-refractivity contribution in [3.05, 3.63) is 50.9 Å². The normalized spacial score (nSPS) is 10.2. The van der Waals surface area contributed by atoms with Crippen molar-refractivity contribution in [1.29, 1.82) is 0 Å². The molecule has 0 bridgehead atoms. The molecular formula is C12H9Br2N3O. The van der Waals surface area contributed by atoms with Crippen molar-refractivity contribution in [2.75, 3.05) is 5.32 Å². The number of benzene rings is 1. The summed E-state index contributed by atoms with van der Waals surface area (Å²) in [6.07, 6.45) is 3.02. The molecule has 92 valence electrons. The topological polar surface area (TPSA) is 54.9 Å². The van der Waals surface area contributed by atoms with Crippen LogP contribution in [0.4, 0.5) is 5.69 Å². The van der Waals surface area contributed by atoms with Crippen LogP contribution in [0.25, 0.3) is 0 Å². The highest BCUT2D eigenvalue weighted by Gasteiger charge is 2.10. The molecule has 0 spiro atoms. The first kappa shape index (κ1) is 13.2. The molecule has 1 amide bonds. The Kier molecular flexibility index (Phi) is 4.08. The summed E-state index contributed by atoms with van der Waals surface area (Å²) in [7, 11) is 0. The third-order valence-corrected chi connectivity index (χ3v) is 3.37. The van der Waals surface area contributed by atoms with Gasteiger partial charge in [-0.05, 0) is 41.1 Å². The summed E-state index contributed by atoms with van der Waals surface area (Å²) in [6, 6.07) is 5.54. The van der Waals surface area contributed by atoms with Crippen LogP contribution in [0.15, 0.2) is 39.5 Å². The Balaban J connectivity index is 2.21. The molecule has 0 saturated heterocycles. The van der Waals surface area contributed by atoms with Crippen molar-refractivity contribution in [3.63, 3.8) is 0 Å². The monoisotopic (exact) mass is 369 g/mol. The lowest BCUT2D eigenvalue weighted by molar-refractivity contribution is 0.102. The molecule has 0 saturated carbocycles. The molecule has 1 aromatic heterocycles. The van der Waals surface area contributed by atoms with Gasteiger partial charge in [0.25, 0.3) is 5.91 Å². The Morgan fingerprint density at radius 2 is 2.00 bits per heavy atom. The number of amides is 1. The summed E-state index contributed by atoms with van der Waals surface area (Å²) in [6.45, 7) is 1.82. The van der Waals surface area contributed by atoms with Gasteiger partial charge in [-0.1, -0.05) is 15.9 Å². The smallest absolute Gasteiger partial charge is 0.275 e. The molecule has 0 fully saturated rings. The minimum Gasteiger partial charge on any atom is -0.320 e. The van der Waals surface area contributed by atoms with E-state index in [1.165, 1.54) is 6.20 Å². The summed E-state index contributed by atoms with van der Waals surface area (Å²) < 4.78 is 1.69. The maximum Gasteiger partial charge on any atom is 0.275 e. The first-order valence-corrected chi connectivity index (χ1v) is 6.70. The van der Waals surface area contributed by atoms with Crippen LogP contribution in [0.3, 0.4) is 0 Å². The number of carbonyl (C=O) groups excluding carboxylic acids is 1. The molecule has 1 aromatic carbocycles. The molecule has 2 rings (SSSR count). The third kappa shape index (κ3) is 3.14. The molecule has 4 nitrogen and oxygen atoms in total. The van der Waals surface area contributed by atoms with Crippen molar-refractivity contribution >= 4 is 43.5 Å². The molecule has 0 aliphatic heterocycles. The lowest BCUT2D eigenvalue weighted by Crippen LogP contribution is -2.14. The number of nitrogens with zero attached hydrogens (tertiary/aromatic N) is 2. The van der Waals surface area contributed by atoms with Gasteiger partial charge in [0.15, 0.2) is 0 Å². The predicted molar refractivity (Wildman–Crippen MR) is 76.6 cm³/mol. The molecule has 0 atom stereocenters. The van der Waals surface area contributed by atoms with Gasteiger partial charge in [0.05, 0.1) is 17.6 Å². The second-order valence-electron chi connectivity index (χ2n) is 3.62. The number of anilines is 1. The van der Waals surface area contributed by atoms with Gasteiger partial charge in [-0.15, -0.1) is 0 Å². The van der Waals surface area contributed by atoms with Crippen LogP contribution in [-0.2, 0) is 0 Å². The van der Waals surface area contributed by atoms with E-state index in [0.717, 1.165) is 14.6 Å². The van der Waals surface area contributed by atoms with Crippen LogP contribution < -0.4 is 5.32 Å². The van der Waals surface area contributed by atoms with Gasteiger partial charge >= 0.3 is 0 Å². The lowest BCUT2D eigenvalue weighted by atomic mass is 10.3. The van der Waals surface area contributed by atoms with E-state index in [2.05, 4.69) is 47.1 Å². The average Bonchev–Trinajstić information content (AvgIpc) is 2.34. The fourth-order valence-corrected chi connectivity index (χ4v) is 2.00. The van der Waals surface area contributed by atoms with Crippen LogP contribution in [0.5, 0.6) is 0 Å². The van der Waals surface area contributed by atoms with Crippen molar-refractivity contribution in [2.45, 2.75) is 6.92 Å². The first-order chi connectivity index (χ1) is 8.56. The Morgan fingerprint density at radius 1 is 1.22 bits per heavy atom. The van der Waals surface area contributed by atoms with Crippen molar-refractivity contribution in [2.24, 2.45) is 0 Å². The highest BCUT2D eigenvalue weighted by Crippen LogP contribution is 2.26. The summed E-state index contributed by atoms with van der Waals surface area (Å²) in [5.41, 5.74) is 1.74. The predicted octanol–water partition coefficient (Wildman–Crippen LogP) is 3.56. The van der Waals surface area contributed by atoms with Crippen LogP contribution >= 0.6 is 31.9 Å². The molecule has 0 aliphatic carbocycles. The van der Waals surface area contributed by atoms with E-state index in [1.54, 1.807) is 6.20 Å². The summed E-state index contributed by atoms with van der Waals surface area (Å²) in [5.74, 6) is -0.290. The highest BCUT2D eigenvalue weighted by molar-refractivity contribution is 9.11. The van der Waals surface area contributed by atoms with E-state index in [0.29, 0.717) is 5.69 Å². The molecule has 1 heterocycles. The second-order valence-corrected chi connectivity index (χ2v) is 5.39. The van der Waals surface area contributed by atoms with Crippen LogP contribution in [0, 0.1) is 6.92 Å². The fourth-order valence-electron chi connectivity index (χ4n) is 1.29.